The average molecular weight is 464 g/mol. The van der Waals surface area contributed by atoms with E-state index in [1.165, 1.54) is 32.1 Å². The van der Waals surface area contributed by atoms with E-state index in [-0.39, 0.29) is 5.41 Å². The molecule has 6 rings (SSSR count). The third-order valence-corrected chi connectivity index (χ3v) is 11.2. The minimum absolute atomic E-state index is 0.280. The second kappa shape index (κ2) is 7.73. The number of fused-ring (bicyclic) bond motifs is 6. The summed E-state index contributed by atoms with van der Waals surface area (Å²) in [6.45, 7) is 7.56. The number of imidazole rings is 1. The summed E-state index contributed by atoms with van der Waals surface area (Å²) in [5.74, 6) is 6.03. The van der Waals surface area contributed by atoms with Crippen LogP contribution in [0.5, 0.6) is 5.75 Å². The normalized spacial score (nSPS) is 41.8. The van der Waals surface area contributed by atoms with E-state index in [1.807, 2.05) is 6.07 Å². The number of amides is 1. The minimum Gasteiger partial charge on any atom is -0.497 e. The Bertz CT molecular complexity index is 1110. The second-order valence-electron chi connectivity index (χ2n) is 12.6. The highest BCUT2D eigenvalue weighted by Crippen LogP contribution is 2.67. The van der Waals surface area contributed by atoms with Crippen molar-refractivity contribution in [3.63, 3.8) is 0 Å². The number of piperidine rings is 1. The van der Waals surface area contributed by atoms with Crippen molar-refractivity contribution in [1.29, 1.82) is 0 Å². The Morgan fingerprint density at radius 2 is 1.94 bits per heavy atom. The third-order valence-electron chi connectivity index (χ3n) is 11.2. The van der Waals surface area contributed by atoms with Gasteiger partial charge in [0.25, 0.3) is 0 Å². The van der Waals surface area contributed by atoms with Gasteiger partial charge in [0, 0.05) is 32.0 Å². The van der Waals surface area contributed by atoms with Crippen LogP contribution in [-0.4, -0.2) is 41.0 Å². The van der Waals surface area contributed by atoms with E-state index in [0.29, 0.717) is 29.2 Å². The number of H-pyrrole nitrogens is 1. The van der Waals surface area contributed by atoms with Crippen molar-refractivity contribution in [3.8, 4) is 5.75 Å². The number of carbonyl (C=O) groups excluding carboxylic acids is 1. The molecule has 34 heavy (non-hydrogen) atoms. The number of hydrogen-bond acceptors (Lipinski definition) is 3. The van der Waals surface area contributed by atoms with Gasteiger partial charge in [0.1, 0.15) is 11.6 Å². The maximum absolute atomic E-state index is 12.6. The lowest BCUT2D eigenvalue weighted by Gasteiger charge is -2.63. The number of carbonyl (C=O) groups is 1. The van der Waals surface area contributed by atoms with Gasteiger partial charge in [0.15, 0.2) is 0 Å². The number of rotatable bonds is 3. The maximum atomic E-state index is 12.6. The first-order valence-electron chi connectivity index (χ1n) is 13.5. The predicted octanol–water partition coefficient (Wildman–Crippen LogP) is 5.84. The molecule has 5 nitrogen and oxygen atoms in total. The number of nitrogens with one attached hydrogen (secondary N) is 1. The molecule has 0 spiro atoms. The highest BCUT2D eigenvalue weighted by molar-refractivity contribution is 5.77. The molecule has 2 heterocycles. The topological polar surface area (TPSA) is 58.2 Å². The number of aromatic nitrogens is 2. The van der Waals surface area contributed by atoms with Crippen molar-refractivity contribution >= 4 is 16.9 Å². The van der Waals surface area contributed by atoms with Crippen LogP contribution in [0, 0.1) is 40.4 Å². The van der Waals surface area contributed by atoms with Crippen LogP contribution < -0.4 is 4.74 Å². The zero-order valence-corrected chi connectivity index (χ0v) is 21.6. The summed E-state index contributed by atoms with van der Waals surface area (Å²) in [4.78, 5) is 23.2. The highest BCUT2D eigenvalue weighted by atomic mass is 16.5. The number of likely N-dealkylation sites (tertiary alicyclic amines) is 1. The van der Waals surface area contributed by atoms with Crippen molar-refractivity contribution in [2.24, 2.45) is 40.4 Å². The van der Waals surface area contributed by atoms with Gasteiger partial charge in [-0.05, 0) is 91.1 Å². The first-order chi connectivity index (χ1) is 16.2. The summed E-state index contributed by atoms with van der Waals surface area (Å²) < 4.78 is 5.40. The zero-order valence-electron chi connectivity index (χ0n) is 21.6. The van der Waals surface area contributed by atoms with Gasteiger partial charge in [-0.1, -0.05) is 20.8 Å². The van der Waals surface area contributed by atoms with Crippen molar-refractivity contribution in [1.82, 2.24) is 14.9 Å². The molecule has 4 aliphatic rings. The van der Waals surface area contributed by atoms with E-state index >= 15 is 0 Å². The number of ether oxygens (including phenoxy) is 1. The number of methoxy groups -OCH3 is 1. The van der Waals surface area contributed by atoms with Gasteiger partial charge in [-0.3, -0.25) is 4.79 Å². The molecule has 0 radical (unpaired) electrons. The summed E-state index contributed by atoms with van der Waals surface area (Å²) in [5, 5.41) is 0. The summed E-state index contributed by atoms with van der Waals surface area (Å²) >= 11 is 0. The van der Waals surface area contributed by atoms with Crippen LogP contribution >= 0.6 is 0 Å². The predicted molar refractivity (Wildman–Crippen MR) is 135 cm³/mol. The first-order valence-corrected chi connectivity index (χ1v) is 13.5. The number of aromatic amines is 1. The van der Waals surface area contributed by atoms with Gasteiger partial charge >= 0.3 is 0 Å². The molecule has 1 amide bonds. The van der Waals surface area contributed by atoms with E-state index in [1.54, 1.807) is 7.11 Å². The molecular weight excluding hydrogens is 422 g/mol. The molecule has 1 saturated heterocycles. The standard InChI is InChI=1S/C29H41N3O2/c1-17-14-20-21-8-6-18(15-25-30-23-9-7-19(34-5)16-24(23)31-25)28(21,2)12-10-22(20)29(3)13-11-26(33)32(4)27(17)29/h7,9,16-18,20-22,27H,6,8,10-15H2,1-5H3,(H,30,31)/t17?,18?,20-,21-,22+,27?,28+,29+/m0/s1. The van der Waals surface area contributed by atoms with Crippen molar-refractivity contribution in [3.05, 3.63) is 24.0 Å². The fraction of sp³-hybridized carbons (Fsp3) is 0.724. The van der Waals surface area contributed by atoms with Crippen molar-refractivity contribution < 1.29 is 9.53 Å². The van der Waals surface area contributed by atoms with E-state index in [9.17, 15) is 4.79 Å². The van der Waals surface area contributed by atoms with E-state index < -0.39 is 0 Å². The molecule has 184 valence electrons. The summed E-state index contributed by atoms with van der Waals surface area (Å²) in [7, 11) is 3.79. The molecule has 8 atom stereocenters. The molecule has 4 fully saturated rings. The Morgan fingerprint density at radius 3 is 2.74 bits per heavy atom. The van der Waals surface area contributed by atoms with Crippen LogP contribution in [0.3, 0.4) is 0 Å². The van der Waals surface area contributed by atoms with Crippen LogP contribution in [-0.2, 0) is 11.2 Å². The minimum atomic E-state index is 0.280. The van der Waals surface area contributed by atoms with Gasteiger partial charge in [0.2, 0.25) is 5.91 Å². The van der Waals surface area contributed by atoms with Gasteiger partial charge in [-0.25, -0.2) is 4.98 Å². The Hall–Kier alpha value is -2.04. The van der Waals surface area contributed by atoms with E-state index in [2.05, 4.69) is 49.8 Å². The largest absolute Gasteiger partial charge is 0.497 e. The molecular formula is C29H41N3O2. The molecule has 3 unspecified atom stereocenters. The lowest BCUT2D eigenvalue weighted by atomic mass is 9.45. The monoisotopic (exact) mass is 463 g/mol. The molecule has 1 aromatic carbocycles. The summed E-state index contributed by atoms with van der Waals surface area (Å²) in [6.07, 6.45) is 9.49. The Kier molecular flexibility index (Phi) is 5.10. The lowest BCUT2D eigenvalue weighted by molar-refractivity contribution is -0.167. The average Bonchev–Trinajstić information content (AvgIpc) is 3.36. The molecule has 5 heteroatoms. The van der Waals surface area contributed by atoms with Crippen LogP contribution in [0.2, 0.25) is 0 Å². The third kappa shape index (κ3) is 3.10. The second-order valence-corrected chi connectivity index (χ2v) is 12.6. The first kappa shape index (κ1) is 22.4. The summed E-state index contributed by atoms with van der Waals surface area (Å²) in [6, 6.07) is 6.53. The van der Waals surface area contributed by atoms with Crippen molar-refractivity contribution in [2.75, 3.05) is 14.2 Å². The fourth-order valence-electron chi connectivity index (χ4n) is 9.67. The Balaban J connectivity index is 1.25. The number of benzene rings is 1. The highest BCUT2D eigenvalue weighted by Gasteiger charge is 2.62. The van der Waals surface area contributed by atoms with Gasteiger partial charge in [-0.2, -0.15) is 0 Å². The molecule has 1 aromatic heterocycles. The SMILES string of the molecule is COc1ccc2nc(CC3CC[C@H]4[C@@H]5CC(C)C6N(C)C(=O)CC[C@]6(C)[C@@H]5CC[C@]34C)[nH]c2c1. The van der Waals surface area contributed by atoms with Crippen LogP contribution in [0.15, 0.2) is 18.2 Å². The maximum Gasteiger partial charge on any atom is 0.222 e. The Morgan fingerprint density at radius 1 is 1.15 bits per heavy atom. The van der Waals surface area contributed by atoms with Crippen molar-refractivity contribution in [2.45, 2.75) is 78.2 Å². The van der Waals surface area contributed by atoms with Gasteiger partial charge < -0.3 is 14.6 Å². The van der Waals surface area contributed by atoms with Gasteiger partial charge in [-0.15, -0.1) is 0 Å². The molecule has 1 aliphatic heterocycles. The smallest absolute Gasteiger partial charge is 0.222 e. The van der Waals surface area contributed by atoms with Gasteiger partial charge in [0.05, 0.1) is 18.1 Å². The van der Waals surface area contributed by atoms with E-state index in [4.69, 9.17) is 9.72 Å². The quantitative estimate of drug-likeness (QED) is 0.622. The van der Waals surface area contributed by atoms with Crippen LogP contribution in [0.1, 0.15) is 71.5 Å². The summed E-state index contributed by atoms with van der Waals surface area (Å²) in [5.41, 5.74) is 2.79. The number of hydrogen-bond donors (Lipinski definition) is 1. The van der Waals surface area contributed by atoms with E-state index in [0.717, 1.165) is 59.6 Å². The zero-order chi connectivity index (χ0) is 23.8. The van der Waals surface area contributed by atoms with Crippen LogP contribution in [0.4, 0.5) is 0 Å². The van der Waals surface area contributed by atoms with Crippen LogP contribution in [0.25, 0.3) is 11.0 Å². The number of nitrogens with zero attached hydrogens (tertiary/aromatic N) is 2. The Labute approximate surface area is 204 Å². The molecule has 3 aliphatic carbocycles. The molecule has 0 bridgehead atoms. The lowest BCUT2D eigenvalue weighted by Crippen LogP contribution is -2.64. The fourth-order valence-corrected chi connectivity index (χ4v) is 9.67. The molecule has 2 aromatic rings. The molecule has 3 saturated carbocycles. The molecule has 1 N–H and O–H groups in total.